The van der Waals surface area contributed by atoms with E-state index in [1.54, 1.807) is 6.07 Å². The lowest BCUT2D eigenvalue weighted by atomic mass is 10.0. The van der Waals surface area contributed by atoms with Crippen molar-refractivity contribution < 1.29 is 40.6 Å². The summed E-state index contributed by atoms with van der Waals surface area (Å²) in [7, 11) is 0. The van der Waals surface area contributed by atoms with Crippen LogP contribution in [-0.4, -0.2) is 37.8 Å². The number of hydrogen-bond acceptors (Lipinski definition) is 8. The fraction of sp³-hybridized carbons (Fsp3) is 0.231. The molecule has 0 aliphatic heterocycles. The zero-order valence-electron chi connectivity index (χ0n) is 20.9. The molecule has 41 heavy (non-hydrogen) atoms. The van der Waals surface area contributed by atoms with Gasteiger partial charge >= 0.3 is 6.18 Å². The lowest BCUT2D eigenvalue weighted by Gasteiger charge is -2.22. The third kappa shape index (κ3) is 6.25. The Hall–Kier alpha value is -3.85. The molecule has 214 valence electrons. The SMILES string of the molecule is CC(=O)C(Oc1ncnc2sc(-c3ccc(F)o3)c(Br)c12)C(F)c1ccccc1OCc1ccnn1CC(F)(F)F. The Bertz CT molecular complexity index is 1700. The van der Waals surface area contributed by atoms with E-state index in [1.165, 1.54) is 42.9 Å². The zero-order valence-corrected chi connectivity index (χ0v) is 23.3. The van der Waals surface area contributed by atoms with E-state index < -0.39 is 36.8 Å². The first-order valence-corrected chi connectivity index (χ1v) is 13.4. The van der Waals surface area contributed by atoms with Crippen molar-refractivity contribution in [1.82, 2.24) is 19.7 Å². The molecule has 0 amide bonds. The van der Waals surface area contributed by atoms with Gasteiger partial charge in [-0.3, -0.25) is 9.48 Å². The standard InChI is InChI=1S/C26H18BrF5N4O4S/c1-13(37)22(40-24-19-20(27)23(17-6-7-18(28)39-17)41-25(19)34-12-33-24)21(29)15-4-2-3-5-16(15)38-10-14-8-9-35-36(14)11-26(30,31)32/h2-9,12,21-22H,10-11H2,1H3. The minimum absolute atomic E-state index is 0.00119. The van der Waals surface area contributed by atoms with Crippen LogP contribution in [0, 0.1) is 6.01 Å². The van der Waals surface area contributed by atoms with Crippen LogP contribution in [0.15, 0.2) is 63.9 Å². The molecule has 0 bridgehead atoms. The van der Waals surface area contributed by atoms with Gasteiger partial charge in [0.1, 0.15) is 35.8 Å². The Morgan fingerprint density at radius 2 is 1.95 bits per heavy atom. The van der Waals surface area contributed by atoms with Crippen molar-refractivity contribution in [3.05, 3.63) is 76.7 Å². The molecule has 4 heterocycles. The molecule has 0 saturated carbocycles. The van der Waals surface area contributed by atoms with Crippen molar-refractivity contribution in [3.63, 3.8) is 0 Å². The second-order valence-corrected chi connectivity index (χ2v) is 10.5. The van der Waals surface area contributed by atoms with E-state index in [1.807, 2.05) is 0 Å². The fourth-order valence-corrected chi connectivity index (χ4v) is 5.89. The minimum atomic E-state index is -4.49. The van der Waals surface area contributed by atoms with Crippen LogP contribution in [0.4, 0.5) is 22.0 Å². The fourth-order valence-electron chi connectivity index (χ4n) is 3.98. The molecule has 0 saturated heterocycles. The number of carbonyl (C=O) groups is 1. The second-order valence-electron chi connectivity index (χ2n) is 8.68. The number of ether oxygens (including phenoxy) is 2. The molecule has 8 nitrogen and oxygen atoms in total. The van der Waals surface area contributed by atoms with Gasteiger partial charge < -0.3 is 13.9 Å². The maximum Gasteiger partial charge on any atom is 0.408 e. The molecule has 0 radical (unpaired) electrons. The maximum atomic E-state index is 16.0. The van der Waals surface area contributed by atoms with Crippen LogP contribution in [0.3, 0.4) is 0 Å². The van der Waals surface area contributed by atoms with Crippen LogP contribution in [0.25, 0.3) is 20.9 Å². The van der Waals surface area contributed by atoms with Gasteiger partial charge in [0.15, 0.2) is 18.1 Å². The third-order valence-electron chi connectivity index (χ3n) is 5.82. The average Bonchev–Trinajstić information content (AvgIpc) is 3.63. The first-order valence-electron chi connectivity index (χ1n) is 11.8. The Labute approximate surface area is 240 Å². The summed E-state index contributed by atoms with van der Waals surface area (Å²) < 4.78 is 85.8. The molecule has 4 aromatic heterocycles. The van der Waals surface area contributed by atoms with Crippen molar-refractivity contribution in [3.8, 4) is 22.3 Å². The predicted molar refractivity (Wildman–Crippen MR) is 141 cm³/mol. The van der Waals surface area contributed by atoms with Crippen LogP contribution in [0.2, 0.25) is 0 Å². The zero-order chi connectivity index (χ0) is 29.3. The second kappa shape index (κ2) is 11.6. The maximum absolute atomic E-state index is 16.0. The van der Waals surface area contributed by atoms with Crippen molar-refractivity contribution in [2.45, 2.75) is 38.5 Å². The largest absolute Gasteiger partial charge is 0.487 e. The number of rotatable bonds is 10. The van der Waals surface area contributed by atoms with E-state index in [0.29, 0.717) is 19.6 Å². The number of aromatic nitrogens is 4. The van der Waals surface area contributed by atoms with E-state index in [9.17, 15) is 22.4 Å². The Morgan fingerprint density at radius 3 is 2.66 bits per heavy atom. The van der Waals surface area contributed by atoms with Crippen LogP contribution >= 0.6 is 27.3 Å². The summed E-state index contributed by atoms with van der Waals surface area (Å²) in [5.41, 5.74) is 0.0563. The van der Waals surface area contributed by atoms with Crippen molar-refractivity contribution in [1.29, 1.82) is 0 Å². The highest BCUT2D eigenvalue weighted by Crippen LogP contribution is 2.45. The summed E-state index contributed by atoms with van der Waals surface area (Å²) in [5, 5.41) is 3.99. The smallest absolute Gasteiger partial charge is 0.408 e. The molecule has 0 spiro atoms. The molecule has 2 unspecified atom stereocenters. The highest BCUT2D eigenvalue weighted by atomic mass is 79.9. The Balaban J connectivity index is 1.41. The lowest BCUT2D eigenvalue weighted by molar-refractivity contribution is -0.143. The highest BCUT2D eigenvalue weighted by molar-refractivity contribution is 9.10. The number of alkyl halides is 4. The number of hydrogen-bond donors (Lipinski definition) is 0. The lowest BCUT2D eigenvalue weighted by Crippen LogP contribution is -2.31. The van der Waals surface area contributed by atoms with Gasteiger partial charge in [-0.15, -0.1) is 11.3 Å². The normalized spacial score (nSPS) is 13.3. The van der Waals surface area contributed by atoms with Crippen LogP contribution < -0.4 is 9.47 Å². The van der Waals surface area contributed by atoms with E-state index in [4.69, 9.17) is 13.9 Å². The molecule has 2 atom stereocenters. The molecular weight excluding hydrogens is 639 g/mol. The van der Waals surface area contributed by atoms with Gasteiger partial charge in [0.2, 0.25) is 5.88 Å². The number of furan rings is 1. The van der Waals surface area contributed by atoms with Gasteiger partial charge in [0, 0.05) is 17.8 Å². The Kier molecular flexibility index (Phi) is 8.09. The summed E-state index contributed by atoms with van der Waals surface area (Å²) in [5.74, 6) is -0.547. The number of para-hydroxylation sites is 1. The van der Waals surface area contributed by atoms with Gasteiger partial charge in [0.25, 0.3) is 6.01 Å². The first-order chi connectivity index (χ1) is 19.5. The van der Waals surface area contributed by atoms with Gasteiger partial charge in [-0.25, -0.2) is 14.4 Å². The Morgan fingerprint density at radius 1 is 1.17 bits per heavy atom. The molecular formula is C26H18BrF5N4O4S. The summed E-state index contributed by atoms with van der Waals surface area (Å²) in [6, 6.07) is 9.04. The average molecular weight is 657 g/mol. The summed E-state index contributed by atoms with van der Waals surface area (Å²) in [6.07, 6.45) is -5.84. The number of halogens is 6. The molecule has 0 N–H and O–H groups in total. The highest BCUT2D eigenvalue weighted by Gasteiger charge is 2.34. The van der Waals surface area contributed by atoms with E-state index in [-0.39, 0.29) is 35.3 Å². The van der Waals surface area contributed by atoms with Crippen molar-refractivity contribution in [2.24, 2.45) is 0 Å². The van der Waals surface area contributed by atoms with Crippen molar-refractivity contribution in [2.75, 3.05) is 0 Å². The van der Waals surface area contributed by atoms with Gasteiger partial charge in [-0.2, -0.15) is 22.7 Å². The molecule has 5 rings (SSSR count). The molecule has 0 aliphatic carbocycles. The van der Waals surface area contributed by atoms with Gasteiger partial charge in [0.05, 0.1) is 20.4 Å². The molecule has 1 aromatic carbocycles. The van der Waals surface area contributed by atoms with Crippen molar-refractivity contribution >= 4 is 43.3 Å². The number of thiophene rings is 1. The number of nitrogens with zero attached hydrogens (tertiary/aromatic N) is 4. The van der Waals surface area contributed by atoms with Gasteiger partial charge in [-0.1, -0.05) is 18.2 Å². The van der Waals surface area contributed by atoms with Crippen LogP contribution in [0.5, 0.6) is 11.6 Å². The first kappa shape index (κ1) is 28.7. The van der Waals surface area contributed by atoms with Gasteiger partial charge in [-0.05, 0) is 41.1 Å². The number of fused-ring (bicyclic) bond motifs is 1. The van der Waals surface area contributed by atoms with Crippen LogP contribution in [-0.2, 0) is 17.9 Å². The third-order valence-corrected chi connectivity index (χ3v) is 7.99. The predicted octanol–water partition coefficient (Wildman–Crippen LogP) is 7.24. The topological polar surface area (TPSA) is 92.3 Å². The summed E-state index contributed by atoms with van der Waals surface area (Å²) in [4.78, 5) is 21.8. The quantitative estimate of drug-likeness (QED) is 0.146. The number of carbonyl (C=O) groups excluding carboxylic acids is 1. The molecule has 0 aliphatic rings. The summed E-state index contributed by atoms with van der Waals surface area (Å²) >= 11 is 4.57. The van der Waals surface area contributed by atoms with E-state index in [0.717, 1.165) is 29.0 Å². The molecule has 0 fully saturated rings. The number of ketones is 1. The molecule has 15 heteroatoms. The van der Waals surface area contributed by atoms with E-state index >= 15 is 4.39 Å². The monoisotopic (exact) mass is 656 g/mol. The van der Waals surface area contributed by atoms with E-state index in [2.05, 4.69) is 31.0 Å². The summed E-state index contributed by atoms with van der Waals surface area (Å²) in [6.45, 7) is -0.501. The van der Waals surface area contributed by atoms with Crippen LogP contribution in [0.1, 0.15) is 24.4 Å². The number of benzene rings is 1. The number of Topliss-reactive ketones (excluding diaryl/α,β-unsaturated/α-hetero) is 1. The minimum Gasteiger partial charge on any atom is -0.487 e. The molecule has 5 aromatic rings.